The van der Waals surface area contributed by atoms with E-state index in [4.69, 9.17) is 32.4 Å². The van der Waals surface area contributed by atoms with Gasteiger partial charge in [0.05, 0.1) is 21.8 Å². The SMILES string of the molecule is CC[Si](CC)(CC)OC(CNC[C@]1(C)CCCO1)c1c(Cl)cncc1Cl. The van der Waals surface area contributed by atoms with Gasteiger partial charge in [-0.1, -0.05) is 44.0 Å². The summed E-state index contributed by atoms with van der Waals surface area (Å²) in [6.07, 6.45) is 5.33. The van der Waals surface area contributed by atoms with Crippen LogP contribution in [0.15, 0.2) is 12.4 Å². The van der Waals surface area contributed by atoms with E-state index in [1.165, 1.54) is 0 Å². The number of hydrogen-bond acceptors (Lipinski definition) is 4. The highest BCUT2D eigenvalue weighted by molar-refractivity contribution is 6.73. The summed E-state index contributed by atoms with van der Waals surface area (Å²) in [5.41, 5.74) is 0.756. The molecule has 4 nitrogen and oxygen atoms in total. The number of rotatable bonds is 10. The lowest BCUT2D eigenvalue weighted by Crippen LogP contribution is -2.43. The van der Waals surface area contributed by atoms with Crippen molar-refractivity contribution in [3.8, 4) is 0 Å². The van der Waals surface area contributed by atoms with Gasteiger partial charge in [-0.15, -0.1) is 0 Å². The molecule has 0 aromatic carbocycles. The first-order valence-corrected chi connectivity index (χ1v) is 13.0. The standard InChI is InChI=1S/C19H32Cl2N2O2Si/c1-5-26(6-2,7-3)25-17(18-15(20)11-22-12-16(18)21)13-23-14-19(4)9-8-10-24-19/h11-12,17,23H,5-10,13-14H2,1-4H3/t17?,19-/m0/s1. The maximum Gasteiger partial charge on any atom is 0.192 e. The van der Waals surface area contributed by atoms with E-state index in [-0.39, 0.29) is 11.7 Å². The summed E-state index contributed by atoms with van der Waals surface area (Å²) in [5.74, 6) is 0. The second kappa shape index (κ2) is 9.85. The Morgan fingerprint density at radius 2 is 1.85 bits per heavy atom. The van der Waals surface area contributed by atoms with Gasteiger partial charge in [0.1, 0.15) is 0 Å². The van der Waals surface area contributed by atoms with Crippen molar-refractivity contribution in [2.75, 3.05) is 19.7 Å². The highest BCUT2D eigenvalue weighted by Crippen LogP contribution is 2.36. The second-order valence-electron chi connectivity index (χ2n) is 7.40. The molecule has 1 aromatic heterocycles. The van der Waals surface area contributed by atoms with Gasteiger partial charge in [-0.25, -0.2) is 0 Å². The van der Waals surface area contributed by atoms with Gasteiger partial charge < -0.3 is 14.5 Å². The average Bonchev–Trinajstić information content (AvgIpc) is 3.06. The van der Waals surface area contributed by atoms with E-state index in [2.05, 4.69) is 38.0 Å². The molecule has 1 fully saturated rings. The summed E-state index contributed by atoms with van der Waals surface area (Å²) in [5, 5.41) is 4.69. The largest absolute Gasteiger partial charge is 0.409 e. The highest BCUT2D eigenvalue weighted by Gasteiger charge is 2.35. The zero-order valence-corrected chi connectivity index (χ0v) is 18.9. The van der Waals surface area contributed by atoms with Crippen LogP contribution >= 0.6 is 23.2 Å². The molecule has 0 saturated carbocycles. The van der Waals surface area contributed by atoms with Crippen LogP contribution in [0.4, 0.5) is 0 Å². The number of nitrogens with one attached hydrogen (secondary N) is 1. The van der Waals surface area contributed by atoms with Crippen LogP contribution in [-0.2, 0) is 9.16 Å². The summed E-state index contributed by atoms with van der Waals surface area (Å²) in [6, 6.07) is 3.24. The Morgan fingerprint density at radius 3 is 2.35 bits per heavy atom. The molecule has 1 saturated heterocycles. The van der Waals surface area contributed by atoms with Crippen molar-refractivity contribution in [2.45, 2.75) is 70.4 Å². The molecular formula is C19H32Cl2N2O2Si. The Labute approximate surface area is 169 Å². The van der Waals surface area contributed by atoms with E-state index in [0.29, 0.717) is 16.6 Å². The van der Waals surface area contributed by atoms with Crippen LogP contribution in [0.5, 0.6) is 0 Å². The number of aromatic nitrogens is 1. The van der Waals surface area contributed by atoms with Crippen LogP contribution in [-0.4, -0.2) is 38.6 Å². The normalized spacial score (nSPS) is 21.9. The van der Waals surface area contributed by atoms with E-state index in [9.17, 15) is 0 Å². The molecule has 1 aromatic rings. The zero-order valence-electron chi connectivity index (χ0n) is 16.4. The van der Waals surface area contributed by atoms with Gasteiger partial charge >= 0.3 is 0 Å². The fourth-order valence-electron chi connectivity index (χ4n) is 3.68. The fraction of sp³-hybridized carbons (Fsp3) is 0.737. The third-order valence-corrected chi connectivity index (χ3v) is 10.9. The molecule has 1 unspecified atom stereocenters. The van der Waals surface area contributed by atoms with E-state index < -0.39 is 8.32 Å². The van der Waals surface area contributed by atoms with Crippen LogP contribution in [0.1, 0.15) is 52.2 Å². The number of ether oxygens (including phenoxy) is 1. The molecule has 0 amide bonds. The van der Waals surface area contributed by atoms with Crippen LogP contribution in [0.2, 0.25) is 28.2 Å². The van der Waals surface area contributed by atoms with E-state index in [0.717, 1.165) is 49.7 Å². The fourth-order valence-corrected chi connectivity index (χ4v) is 7.09. The first kappa shape index (κ1) is 22.1. The Hall–Kier alpha value is -0.173. The molecule has 0 bridgehead atoms. The lowest BCUT2D eigenvalue weighted by Gasteiger charge is -2.35. The molecule has 0 radical (unpaired) electrons. The van der Waals surface area contributed by atoms with Crippen molar-refractivity contribution < 1.29 is 9.16 Å². The van der Waals surface area contributed by atoms with Crippen molar-refractivity contribution in [2.24, 2.45) is 0 Å². The molecule has 1 aliphatic rings. The number of pyridine rings is 1. The Kier molecular flexibility index (Phi) is 8.38. The van der Waals surface area contributed by atoms with Gasteiger partial charge in [0.2, 0.25) is 0 Å². The monoisotopic (exact) mass is 418 g/mol. The molecule has 1 N–H and O–H groups in total. The maximum atomic E-state index is 6.77. The van der Waals surface area contributed by atoms with Gasteiger partial charge in [0, 0.05) is 37.7 Å². The minimum atomic E-state index is -1.82. The molecule has 0 aliphatic carbocycles. The maximum absolute atomic E-state index is 6.77. The van der Waals surface area contributed by atoms with Crippen molar-refractivity contribution in [3.63, 3.8) is 0 Å². The summed E-state index contributed by atoms with van der Waals surface area (Å²) in [6.45, 7) is 11.2. The van der Waals surface area contributed by atoms with Crippen LogP contribution in [0, 0.1) is 0 Å². The highest BCUT2D eigenvalue weighted by atomic mass is 35.5. The minimum Gasteiger partial charge on any atom is -0.409 e. The minimum absolute atomic E-state index is 0.0921. The number of hydrogen-bond donors (Lipinski definition) is 1. The molecule has 7 heteroatoms. The Balaban J connectivity index is 2.18. The van der Waals surface area contributed by atoms with E-state index in [1.807, 2.05) is 0 Å². The summed E-state index contributed by atoms with van der Waals surface area (Å²) in [4.78, 5) is 4.09. The first-order valence-electron chi connectivity index (χ1n) is 9.70. The first-order chi connectivity index (χ1) is 12.4. The molecular weight excluding hydrogens is 387 g/mol. The van der Waals surface area contributed by atoms with Crippen molar-refractivity contribution in [1.29, 1.82) is 0 Å². The molecule has 26 heavy (non-hydrogen) atoms. The summed E-state index contributed by atoms with van der Waals surface area (Å²) < 4.78 is 12.7. The van der Waals surface area contributed by atoms with Gasteiger partial charge in [0.15, 0.2) is 8.32 Å². The molecule has 148 valence electrons. The summed E-state index contributed by atoms with van der Waals surface area (Å²) >= 11 is 12.9. The van der Waals surface area contributed by atoms with Crippen molar-refractivity contribution in [3.05, 3.63) is 28.0 Å². The number of nitrogens with zero attached hydrogens (tertiary/aromatic N) is 1. The quantitative estimate of drug-likeness (QED) is 0.501. The van der Waals surface area contributed by atoms with Gasteiger partial charge in [-0.3, -0.25) is 4.98 Å². The van der Waals surface area contributed by atoms with Crippen LogP contribution in [0.3, 0.4) is 0 Å². The smallest absolute Gasteiger partial charge is 0.192 e. The predicted molar refractivity (Wildman–Crippen MR) is 112 cm³/mol. The van der Waals surface area contributed by atoms with Gasteiger partial charge in [-0.05, 0) is 37.9 Å². The predicted octanol–water partition coefficient (Wildman–Crippen LogP) is 5.61. The average molecular weight is 419 g/mol. The van der Waals surface area contributed by atoms with Crippen LogP contribution < -0.4 is 5.32 Å². The number of halogens is 2. The molecule has 1 aliphatic heterocycles. The van der Waals surface area contributed by atoms with Crippen molar-refractivity contribution >= 4 is 31.5 Å². The third-order valence-electron chi connectivity index (χ3n) is 5.67. The van der Waals surface area contributed by atoms with Gasteiger partial charge in [-0.2, -0.15) is 0 Å². The lowest BCUT2D eigenvalue weighted by molar-refractivity contribution is 0.0188. The summed E-state index contributed by atoms with van der Waals surface area (Å²) in [7, 11) is -1.82. The zero-order chi connectivity index (χ0) is 19.2. The topological polar surface area (TPSA) is 43.4 Å². The van der Waals surface area contributed by atoms with E-state index in [1.54, 1.807) is 12.4 Å². The van der Waals surface area contributed by atoms with E-state index >= 15 is 0 Å². The van der Waals surface area contributed by atoms with Crippen molar-refractivity contribution in [1.82, 2.24) is 10.3 Å². The molecule has 2 rings (SSSR count). The van der Waals surface area contributed by atoms with Crippen LogP contribution in [0.25, 0.3) is 0 Å². The lowest BCUT2D eigenvalue weighted by atomic mass is 10.0. The van der Waals surface area contributed by atoms with Gasteiger partial charge in [0.25, 0.3) is 0 Å². The second-order valence-corrected chi connectivity index (χ2v) is 12.9. The Morgan fingerprint density at radius 1 is 1.23 bits per heavy atom. The molecule has 2 atom stereocenters. The molecule has 2 heterocycles. The molecule has 0 spiro atoms. The third kappa shape index (κ3) is 5.43. The Bertz CT molecular complexity index is 550.